The van der Waals surface area contributed by atoms with Gasteiger partial charge in [-0.1, -0.05) is 10.3 Å². The summed E-state index contributed by atoms with van der Waals surface area (Å²) in [6.45, 7) is 12.0. The molecule has 2 aromatic carbocycles. The third kappa shape index (κ3) is 8.13. The van der Waals surface area contributed by atoms with Crippen LogP contribution in [0.5, 0.6) is 23.0 Å². The van der Waals surface area contributed by atoms with Crippen LogP contribution in [0, 0.1) is 52.9 Å². The first-order valence-electron chi connectivity index (χ1n) is 13.7. The van der Waals surface area contributed by atoms with Crippen molar-refractivity contribution in [3.05, 3.63) is 80.6 Å². The van der Waals surface area contributed by atoms with E-state index < -0.39 is 0 Å². The summed E-state index contributed by atoms with van der Waals surface area (Å²) >= 11 is 0. The fourth-order valence-electron chi connectivity index (χ4n) is 4.47. The van der Waals surface area contributed by atoms with Crippen LogP contribution in [-0.2, 0) is 12.8 Å². The van der Waals surface area contributed by atoms with E-state index in [1.807, 2.05) is 45.9 Å². The predicted molar refractivity (Wildman–Crippen MR) is 155 cm³/mol. The van der Waals surface area contributed by atoms with Crippen molar-refractivity contribution in [3.63, 3.8) is 0 Å². The number of benzene rings is 2. The summed E-state index contributed by atoms with van der Waals surface area (Å²) in [5.74, 6) is 2.92. The molecule has 0 saturated carbocycles. The van der Waals surface area contributed by atoms with Gasteiger partial charge in [0.2, 0.25) is 0 Å². The molecule has 4 aromatic rings. The number of hydrogen-bond acceptors (Lipinski definition) is 10. The number of ether oxygens (including phenoxy) is 2. The van der Waals surface area contributed by atoms with Crippen LogP contribution in [0.1, 0.15) is 73.9 Å². The lowest BCUT2D eigenvalue weighted by Gasteiger charge is -2.14. The Bertz CT molecular complexity index is 1560. The first-order chi connectivity index (χ1) is 20.0. The number of aromatic nitrogens is 2. The molecule has 4 rings (SSSR count). The quantitative estimate of drug-likeness (QED) is 0.153. The zero-order valence-electron chi connectivity index (χ0n) is 24.9. The molecular weight excluding hydrogens is 538 g/mol. The minimum absolute atomic E-state index is 0.0102. The van der Waals surface area contributed by atoms with Crippen molar-refractivity contribution < 1.29 is 33.5 Å². The maximum Gasteiger partial charge on any atom is 0.153 e. The molecule has 0 spiro atoms. The summed E-state index contributed by atoms with van der Waals surface area (Å²) in [7, 11) is 0. The van der Waals surface area contributed by atoms with Crippen LogP contribution in [0.4, 0.5) is 0 Å². The van der Waals surface area contributed by atoms with Crippen LogP contribution in [0.15, 0.2) is 33.3 Å². The van der Waals surface area contributed by atoms with Crippen LogP contribution in [0.3, 0.4) is 0 Å². The summed E-state index contributed by atoms with van der Waals surface area (Å²) in [5.41, 5.74) is 5.17. The van der Waals surface area contributed by atoms with Crippen LogP contribution in [0.2, 0.25) is 0 Å². The van der Waals surface area contributed by atoms with Gasteiger partial charge in [-0.15, -0.1) is 0 Å². The van der Waals surface area contributed by atoms with Gasteiger partial charge in [0.05, 0.1) is 35.7 Å². The zero-order valence-corrected chi connectivity index (χ0v) is 24.9. The molecule has 0 aliphatic carbocycles. The largest absolute Gasteiger partial charge is 0.507 e. The maximum atomic E-state index is 10.8. The van der Waals surface area contributed by atoms with Crippen molar-refractivity contribution in [2.24, 2.45) is 0 Å². The Labute approximate surface area is 245 Å². The summed E-state index contributed by atoms with van der Waals surface area (Å²) < 4.78 is 21.7. The average Bonchev–Trinajstić information content (AvgIpc) is 3.59. The fraction of sp³-hybridized carbons (Fsp3) is 0.375. The van der Waals surface area contributed by atoms with Crippen LogP contribution in [0.25, 0.3) is 0 Å². The van der Waals surface area contributed by atoms with E-state index in [0.717, 1.165) is 59.7 Å². The Balaban J connectivity index is 0.000000230. The molecule has 0 amide bonds. The highest BCUT2D eigenvalue weighted by Crippen LogP contribution is 2.34. The number of nitriles is 1. The van der Waals surface area contributed by atoms with Gasteiger partial charge in [-0.2, -0.15) is 5.26 Å². The van der Waals surface area contributed by atoms with E-state index in [0.29, 0.717) is 42.1 Å². The molecule has 0 aliphatic rings. The summed E-state index contributed by atoms with van der Waals surface area (Å²) in [4.78, 5) is 10.8. The minimum Gasteiger partial charge on any atom is -0.507 e. The van der Waals surface area contributed by atoms with E-state index in [1.165, 1.54) is 0 Å². The zero-order chi connectivity index (χ0) is 30.8. The first-order valence-corrected chi connectivity index (χ1v) is 13.7. The summed E-state index contributed by atoms with van der Waals surface area (Å²) in [6, 6.07) is 9.05. The van der Waals surface area contributed by atoms with Gasteiger partial charge in [-0.3, -0.25) is 4.79 Å². The number of carbonyl (C=O) groups is 1. The minimum atomic E-state index is -0.0172. The van der Waals surface area contributed by atoms with Gasteiger partial charge < -0.3 is 28.7 Å². The highest BCUT2D eigenvalue weighted by molar-refractivity contribution is 5.81. The van der Waals surface area contributed by atoms with Crippen molar-refractivity contribution in [2.45, 2.75) is 67.2 Å². The van der Waals surface area contributed by atoms with E-state index in [1.54, 1.807) is 26.0 Å². The van der Waals surface area contributed by atoms with Crippen LogP contribution >= 0.6 is 0 Å². The topological polar surface area (TPSA) is 152 Å². The van der Waals surface area contributed by atoms with Crippen LogP contribution < -0.4 is 9.47 Å². The number of aldehydes is 1. The highest BCUT2D eigenvalue weighted by Gasteiger charge is 2.15. The van der Waals surface area contributed by atoms with Gasteiger partial charge >= 0.3 is 0 Å². The highest BCUT2D eigenvalue weighted by atomic mass is 16.5. The third-order valence-electron chi connectivity index (χ3n) is 6.60. The molecule has 0 radical (unpaired) electrons. The molecule has 0 aliphatic heterocycles. The Morgan fingerprint density at radius 2 is 1.26 bits per heavy atom. The first kappa shape index (κ1) is 31.7. The van der Waals surface area contributed by atoms with Crippen molar-refractivity contribution in [1.82, 2.24) is 10.3 Å². The second-order valence-corrected chi connectivity index (χ2v) is 10.1. The van der Waals surface area contributed by atoms with Crippen molar-refractivity contribution in [1.29, 1.82) is 5.26 Å². The van der Waals surface area contributed by atoms with E-state index in [9.17, 15) is 15.0 Å². The van der Waals surface area contributed by atoms with E-state index in [2.05, 4.69) is 10.3 Å². The molecule has 2 heterocycles. The van der Waals surface area contributed by atoms with Crippen molar-refractivity contribution in [2.75, 3.05) is 13.2 Å². The number of hydrogen-bond donors (Lipinski definition) is 2. The molecule has 222 valence electrons. The van der Waals surface area contributed by atoms with Gasteiger partial charge in [-0.25, -0.2) is 0 Å². The van der Waals surface area contributed by atoms with E-state index in [-0.39, 0.29) is 22.6 Å². The van der Waals surface area contributed by atoms with Crippen LogP contribution in [-0.4, -0.2) is 40.0 Å². The molecule has 2 N–H and O–H groups in total. The van der Waals surface area contributed by atoms with E-state index in [4.69, 9.17) is 23.8 Å². The van der Waals surface area contributed by atoms with Gasteiger partial charge in [0, 0.05) is 36.1 Å². The lowest BCUT2D eigenvalue weighted by atomic mass is 10.0. The summed E-state index contributed by atoms with van der Waals surface area (Å²) in [5, 5.41) is 36.4. The molecule has 0 saturated heterocycles. The molecule has 10 heteroatoms. The smallest absolute Gasteiger partial charge is 0.153 e. The monoisotopic (exact) mass is 575 g/mol. The number of phenols is 2. The molecular formula is C32H37N3O7. The predicted octanol–water partition coefficient (Wildman–Crippen LogP) is 6.32. The van der Waals surface area contributed by atoms with Gasteiger partial charge in [0.25, 0.3) is 0 Å². The Morgan fingerprint density at radius 3 is 1.69 bits per heavy atom. The second kappa shape index (κ2) is 14.7. The maximum absolute atomic E-state index is 10.8. The molecule has 42 heavy (non-hydrogen) atoms. The van der Waals surface area contributed by atoms with Crippen molar-refractivity contribution >= 4 is 6.29 Å². The number of carbonyl (C=O) groups excluding carboxylic acids is 1. The normalized spacial score (nSPS) is 10.5. The lowest BCUT2D eigenvalue weighted by molar-refractivity contribution is 0.112. The number of nitrogens with zero attached hydrogens (tertiary/aromatic N) is 3. The molecule has 0 bridgehead atoms. The lowest BCUT2D eigenvalue weighted by Crippen LogP contribution is -2.03. The SMILES string of the molecule is Cc1cc(CCCOc2c(C)cc(C#N)c(O)c2C)on1.Cc1cc(CCCOc2c(C)cc(C=O)c(O)c2C)on1. The van der Waals surface area contributed by atoms with Crippen molar-refractivity contribution in [3.8, 4) is 29.1 Å². The summed E-state index contributed by atoms with van der Waals surface area (Å²) in [6.07, 6.45) is 3.71. The molecule has 0 atom stereocenters. The molecule has 0 unspecified atom stereocenters. The standard InChI is InChI=1S/C16H18N2O3.C16H19NO4/c1-10-7-13(9-17)15(19)12(3)16(10)20-6-4-5-14-8-11(2)18-21-14;1-10-7-13(9-18)15(19)12(3)16(10)20-6-4-5-14-8-11(2)17-21-14/h7-8,19H,4-6H2,1-3H3;7-9,19H,4-6H2,1-3H3. The number of phenolic OH excluding ortho intramolecular Hbond substituents is 2. The second-order valence-electron chi connectivity index (χ2n) is 10.1. The molecule has 2 aromatic heterocycles. The number of aryl methyl sites for hydroxylation is 6. The Hall–Kier alpha value is -4.78. The molecule has 10 nitrogen and oxygen atoms in total. The molecule has 0 fully saturated rings. The van der Waals surface area contributed by atoms with Gasteiger partial charge in [0.1, 0.15) is 40.6 Å². The van der Waals surface area contributed by atoms with Gasteiger partial charge in [0.15, 0.2) is 6.29 Å². The number of rotatable bonds is 11. The number of aromatic hydroxyl groups is 2. The Kier molecular flexibility index (Phi) is 11.1. The van der Waals surface area contributed by atoms with Gasteiger partial charge in [-0.05, 0) is 77.6 Å². The fourth-order valence-corrected chi connectivity index (χ4v) is 4.47. The Morgan fingerprint density at radius 1 is 0.786 bits per heavy atom. The third-order valence-corrected chi connectivity index (χ3v) is 6.60. The van der Waals surface area contributed by atoms with E-state index >= 15 is 0 Å². The average molecular weight is 576 g/mol.